The Hall–Kier alpha value is -4.54. The lowest BCUT2D eigenvalue weighted by Gasteiger charge is -2.53. The van der Waals surface area contributed by atoms with E-state index in [-0.39, 0.29) is 17.7 Å². The van der Waals surface area contributed by atoms with E-state index in [1.807, 2.05) is 41.3 Å². The Morgan fingerprint density at radius 3 is 2.43 bits per heavy atom. The van der Waals surface area contributed by atoms with Gasteiger partial charge in [-0.25, -0.2) is 4.98 Å². The maximum atomic E-state index is 13.9. The lowest BCUT2D eigenvalue weighted by atomic mass is 9.72. The SMILES string of the molecule is CN1CC2(CCN(c3ncccc3C(=O)Nc3ccc(C(=O)N4CCc5cc(C(=O)NC6CC6)sc5-c5ccccc54)cc3)CC2)C1. The quantitative estimate of drug-likeness (QED) is 0.280. The Morgan fingerprint density at radius 1 is 0.915 bits per heavy atom. The molecule has 0 atom stereocenters. The molecule has 0 unspecified atom stereocenters. The van der Waals surface area contributed by atoms with Crippen LogP contribution in [0.5, 0.6) is 0 Å². The number of para-hydroxylation sites is 1. The number of hydrogen-bond donors (Lipinski definition) is 2. The van der Waals surface area contributed by atoms with Gasteiger partial charge in [0.25, 0.3) is 17.7 Å². The predicted octanol–water partition coefficient (Wildman–Crippen LogP) is 5.69. The Balaban J connectivity index is 0.961. The van der Waals surface area contributed by atoms with E-state index in [9.17, 15) is 14.4 Å². The van der Waals surface area contributed by atoms with Crippen LogP contribution in [0.3, 0.4) is 0 Å². The van der Waals surface area contributed by atoms with E-state index in [1.165, 1.54) is 11.3 Å². The first kappa shape index (κ1) is 29.8. The molecule has 5 heterocycles. The molecule has 2 saturated heterocycles. The van der Waals surface area contributed by atoms with Crippen molar-refractivity contribution in [2.75, 3.05) is 54.9 Å². The van der Waals surface area contributed by atoms with Gasteiger partial charge in [0.05, 0.1) is 16.1 Å². The van der Waals surface area contributed by atoms with E-state index >= 15 is 0 Å². The standard InChI is InChI=1S/C37H38N6O3S/c1-41-22-37(23-41)15-19-42(20-16-37)33-29(6-4-17-38-33)34(44)39-26-10-8-24(9-11-26)36(46)43-18-14-25-21-31(35(45)40-27-12-13-27)47-32(25)28-5-2-3-7-30(28)43/h2-11,17,21,27H,12-16,18-20,22-23H2,1H3,(H,39,44)(H,40,45). The third-order valence-corrected chi connectivity index (χ3v) is 11.2. The van der Waals surface area contributed by atoms with Gasteiger partial charge in [0.15, 0.2) is 0 Å². The van der Waals surface area contributed by atoms with Crippen LogP contribution in [0.1, 0.15) is 61.6 Å². The number of nitrogens with zero attached hydrogens (tertiary/aromatic N) is 4. The average molecular weight is 647 g/mol. The van der Waals surface area contributed by atoms with Crippen molar-refractivity contribution >= 4 is 46.3 Å². The van der Waals surface area contributed by atoms with Crippen molar-refractivity contribution in [2.45, 2.75) is 38.1 Å². The highest BCUT2D eigenvalue weighted by atomic mass is 32.1. The summed E-state index contributed by atoms with van der Waals surface area (Å²) in [5, 5.41) is 6.12. The minimum atomic E-state index is -0.214. The maximum absolute atomic E-state index is 13.9. The van der Waals surface area contributed by atoms with E-state index in [1.54, 1.807) is 36.5 Å². The molecule has 1 spiro atoms. The zero-order chi connectivity index (χ0) is 32.1. The molecule has 47 heavy (non-hydrogen) atoms. The fourth-order valence-corrected chi connectivity index (χ4v) is 8.54. The number of carbonyl (C=O) groups is 3. The number of anilines is 3. The summed E-state index contributed by atoms with van der Waals surface area (Å²) in [4.78, 5) is 53.0. The zero-order valence-corrected chi connectivity index (χ0v) is 27.3. The molecule has 2 aromatic carbocycles. The molecule has 0 bridgehead atoms. The van der Waals surface area contributed by atoms with Crippen molar-refractivity contribution in [2.24, 2.45) is 5.41 Å². The van der Waals surface area contributed by atoms with Gasteiger partial charge in [-0.3, -0.25) is 14.4 Å². The van der Waals surface area contributed by atoms with E-state index in [0.717, 1.165) is 84.2 Å². The second-order valence-electron chi connectivity index (χ2n) is 13.5. The summed E-state index contributed by atoms with van der Waals surface area (Å²) in [5.74, 6) is 0.397. The molecule has 4 aromatic rings. The van der Waals surface area contributed by atoms with Gasteiger partial charge in [-0.2, -0.15) is 0 Å². The summed E-state index contributed by atoms with van der Waals surface area (Å²) in [6.45, 7) is 4.59. The number of nitrogens with one attached hydrogen (secondary N) is 2. The highest BCUT2D eigenvalue weighted by Crippen LogP contribution is 2.43. The molecule has 8 rings (SSSR count). The minimum Gasteiger partial charge on any atom is -0.356 e. The average Bonchev–Trinajstić information content (AvgIpc) is 3.82. The number of carbonyl (C=O) groups excluding carboxylic acids is 3. The Morgan fingerprint density at radius 2 is 1.68 bits per heavy atom. The molecule has 2 aromatic heterocycles. The van der Waals surface area contributed by atoms with Crippen LogP contribution in [0.4, 0.5) is 17.2 Å². The maximum Gasteiger partial charge on any atom is 0.261 e. The first-order valence-electron chi connectivity index (χ1n) is 16.5. The van der Waals surface area contributed by atoms with Crippen molar-refractivity contribution in [1.82, 2.24) is 15.2 Å². The molecular weight excluding hydrogens is 609 g/mol. The summed E-state index contributed by atoms with van der Waals surface area (Å²) >= 11 is 1.50. The lowest BCUT2D eigenvalue weighted by molar-refractivity contribution is 0.00120. The molecule has 9 nitrogen and oxygen atoms in total. The summed E-state index contributed by atoms with van der Waals surface area (Å²) in [6, 6.07) is 20.9. The summed E-state index contributed by atoms with van der Waals surface area (Å²) in [6.07, 6.45) is 6.72. The third-order valence-electron chi connectivity index (χ3n) is 9.99. The second kappa shape index (κ2) is 11.9. The van der Waals surface area contributed by atoms with Crippen molar-refractivity contribution in [3.8, 4) is 10.4 Å². The van der Waals surface area contributed by atoms with Gasteiger partial charge in [0.1, 0.15) is 5.82 Å². The molecule has 10 heteroatoms. The number of hydrogen-bond acceptors (Lipinski definition) is 7. The van der Waals surface area contributed by atoms with E-state index in [4.69, 9.17) is 0 Å². The summed E-state index contributed by atoms with van der Waals surface area (Å²) < 4.78 is 0. The van der Waals surface area contributed by atoms with Crippen LogP contribution in [0.15, 0.2) is 72.9 Å². The smallest absolute Gasteiger partial charge is 0.261 e. The molecule has 3 amide bonds. The number of thiophene rings is 1. The Labute approximate surface area is 278 Å². The van der Waals surface area contributed by atoms with Crippen LogP contribution in [0, 0.1) is 5.41 Å². The van der Waals surface area contributed by atoms with Crippen LogP contribution in [0.2, 0.25) is 0 Å². The van der Waals surface area contributed by atoms with Crippen molar-refractivity contribution in [3.05, 3.63) is 94.5 Å². The van der Waals surface area contributed by atoms with Crippen LogP contribution in [-0.2, 0) is 6.42 Å². The monoisotopic (exact) mass is 646 g/mol. The largest absolute Gasteiger partial charge is 0.356 e. The van der Waals surface area contributed by atoms with E-state index < -0.39 is 0 Å². The highest BCUT2D eigenvalue weighted by molar-refractivity contribution is 7.17. The molecule has 3 aliphatic heterocycles. The fourth-order valence-electron chi connectivity index (χ4n) is 7.39. The number of rotatable bonds is 6. The number of aromatic nitrogens is 1. The van der Waals surface area contributed by atoms with Crippen molar-refractivity contribution in [3.63, 3.8) is 0 Å². The van der Waals surface area contributed by atoms with Gasteiger partial charge < -0.3 is 25.3 Å². The van der Waals surface area contributed by atoms with Gasteiger partial charge in [-0.05, 0) is 98.7 Å². The van der Waals surface area contributed by atoms with Crippen LogP contribution in [0.25, 0.3) is 10.4 Å². The number of pyridine rings is 1. The van der Waals surface area contributed by atoms with E-state index in [2.05, 4.69) is 32.5 Å². The lowest BCUT2D eigenvalue weighted by Crippen LogP contribution is -2.58. The third kappa shape index (κ3) is 5.80. The molecule has 2 N–H and O–H groups in total. The Bertz CT molecular complexity index is 1850. The fraction of sp³-hybridized carbons (Fsp3) is 0.351. The van der Waals surface area contributed by atoms with Gasteiger partial charge in [-0.15, -0.1) is 11.3 Å². The van der Waals surface area contributed by atoms with E-state index in [0.29, 0.717) is 41.2 Å². The molecule has 240 valence electrons. The number of benzene rings is 2. The number of fused-ring (bicyclic) bond motifs is 3. The van der Waals surface area contributed by atoms with Gasteiger partial charge >= 0.3 is 0 Å². The highest BCUT2D eigenvalue weighted by Gasteiger charge is 2.43. The molecule has 1 aliphatic carbocycles. The molecule has 4 aliphatic rings. The molecule has 0 radical (unpaired) electrons. The number of likely N-dealkylation sites (tertiary alicyclic amines) is 1. The number of amides is 3. The van der Waals surface area contributed by atoms with Gasteiger partial charge in [0, 0.05) is 66.7 Å². The first-order valence-corrected chi connectivity index (χ1v) is 17.3. The van der Waals surface area contributed by atoms with Crippen LogP contribution >= 0.6 is 11.3 Å². The number of piperidine rings is 1. The molecule has 1 saturated carbocycles. The Kier molecular flexibility index (Phi) is 7.57. The van der Waals surface area contributed by atoms with Crippen molar-refractivity contribution < 1.29 is 14.4 Å². The predicted molar refractivity (Wildman–Crippen MR) is 186 cm³/mol. The van der Waals surface area contributed by atoms with Crippen LogP contribution < -0.4 is 20.4 Å². The van der Waals surface area contributed by atoms with Crippen molar-refractivity contribution in [1.29, 1.82) is 0 Å². The van der Waals surface area contributed by atoms with Gasteiger partial charge in [-0.1, -0.05) is 18.2 Å². The first-order chi connectivity index (χ1) is 22.9. The normalized spacial score (nSPS) is 18.5. The van der Waals surface area contributed by atoms with Gasteiger partial charge in [0.2, 0.25) is 0 Å². The zero-order valence-electron chi connectivity index (χ0n) is 26.5. The van der Waals surface area contributed by atoms with Crippen LogP contribution in [-0.4, -0.2) is 73.4 Å². The topological polar surface area (TPSA) is 97.9 Å². The second-order valence-corrected chi connectivity index (χ2v) is 14.6. The molecular formula is C37H38N6O3S. The summed E-state index contributed by atoms with van der Waals surface area (Å²) in [7, 11) is 2.17. The summed E-state index contributed by atoms with van der Waals surface area (Å²) in [5.41, 5.74) is 5.01. The molecule has 3 fully saturated rings. The minimum absolute atomic E-state index is 0.00974.